The van der Waals surface area contributed by atoms with Gasteiger partial charge in [0.15, 0.2) is 0 Å². The van der Waals surface area contributed by atoms with Gasteiger partial charge >= 0.3 is 0 Å². The molecule has 0 amide bonds. The number of hydrogen-bond donors (Lipinski definition) is 1. The van der Waals surface area contributed by atoms with E-state index in [0.29, 0.717) is 10.8 Å². The van der Waals surface area contributed by atoms with Crippen molar-refractivity contribution in [2.24, 2.45) is 0 Å². The molecular formula is C15H17BrClN3O. The number of aromatic nitrogens is 2. The van der Waals surface area contributed by atoms with Gasteiger partial charge in [0.1, 0.15) is 22.0 Å². The van der Waals surface area contributed by atoms with Crippen molar-refractivity contribution in [3.05, 3.63) is 39.7 Å². The molecule has 0 saturated carbocycles. The van der Waals surface area contributed by atoms with Crippen molar-refractivity contribution >= 4 is 39.0 Å². The van der Waals surface area contributed by atoms with Gasteiger partial charge in [-0.05, 0) is 28.1 Å². The van der Waals surface area contributed by atoms with Gasteiger partial charge in [0.25, 0.3) is 0 Å². The predicted octanol–water partition coefficient (Wildman–Crippen LogP) is 4.94. The highest BCUT2D eigenvalue weighted by Crippen LogP contribution is 2.30. The largest absolute Gasteiger partial charge is 0.497 e. The van der Waals surface area contributed by atoms with Crippen LogP contribution < -0.4 is 10.1 Å². The summed E-state index contributed by atoms with van der Waals surface area (Å²) in [7, 11) is 1.62. The minimum Gasteiger partial charge on any atom is -0.497 e. The van der Waals surface area contributed by atoms with Crippen LogP contribution >= 0.6 is 27.5 Å². The minimum atomic E-state index is -0.140. The molecule has 6 heteroatoms. The van der Waals surface area contributed by atoms with Crippen molar-refractivity contribution in [2.45, 2.75) is 26.2 Å². The Morgan fingerprint density at radius 3 is 2.52 bits per heavy atom. The summed E-state index contributed by atoms with van der Waals surface area (Å²) < 4.78 is 5.93. The average molecular weight is 371 g/mol. The Labute approximate surface area is 138 Å². The Bertz CT molecular complexity index is 656. The summed E-state index contributed by atoms with van der Waals surface area (Å²) in [6.45, 7) is 6.20. The van der Waals surface area contributed by atoms with Crippen LogP contribution in [0.5, 0.6) is 5.75 Å². The quantitative estimate of drug-likeness (QED) is 0.777. The van der Waals surface area contributed by atoms with Crippen LogP contribution in [0.4, 0.5) is 11.5 Å². The molecule has 1 heterocycles. The topological polar surface area (TPSA) is 47.0 Å². The van der Waals surface area contributed by atoms with Crippen LogP contribution in [0.25, 0.3) is 0 Å². The second kappa shape index (κ2) is 6.20. The van der Waals surface area contributed by atoms with E-state index in [2.05, 4.69) is 52.0 Å². The van der Waals surface area contributed by atoms with Crippen LogP contribution in [-0.4, -0.2) is 17.1 Å². The fourth-order valence-corrected chi connectivity index (χ4v) is 2.23. The number of ether oxygens (including phenoxy) is 1. The summed E-state index contributed by atoms with van der Waals surface area (Å²) in [6.07, 6.45) is 0. The minimum absolute atomic E-state index is 0.140. The van der Waals surface area contributed by atoms with Crippen LogP contribution in [0, 0.1) is 0 Å². The molecule has 2 aromatic rings. The van der Waals surface area contributed by atoms with E-state index in [1.807, 2.05) is 18.2 Å². The first kappa shape index (κ1) is 16.0. The lowest BCUT2D eigenvalue weighted by molar-refractivity contribution is 0.415. The summed E-state index contributed by atoms with van der Waals surface area (Å²) in [5.41, 5.74) is 0.597. The van der Waals surface area contributed by atoms with Gasteiger partial charge in [0.05, 0.1) is 17.8 Å². The van der Waals surface area contributed by atoms with E-state index >= 15 is 0 Å². The van der Waals surface area contributed by atoms with Gasteiger partial charge in [-0.1, -0.05) is 32.4 Å². The van der Waals surface area contributed by atoms with Crippen LogP contribution in [0.1, 0.15) is 26.6 Å². The molecule has 4 nitrogen and oxygen atoms in total. The lowest BCUT2D eigenvalue weighted by Crippen LogP contribution is -2.16. The molecule has 1 aromatic carbocycles. The van der Waals surface area contributed by atoms with Crippen molar-refractivity contribution in [1.82, 2.24) is 9.97 Å². The van der Waals surface area contributed by atoms with Gasteiger partial charge < -0.3 is 10.1 Å². The molecule has 112 valence electrons. The molecule has 0 aliphatic heterocycles. The molecule has 0 aliphatic carbocycles. The first-order valence-corrected chi connectivity index (χ1v) is 7.62. The van der Waals surface area contributed by atoms with Gasteiger partial charge in [-0.3, -0.25) is 0 Å². The van der Waals surface area contributed by atoms with E-state index in [0.717, 1.165) is 21.9 Å². The molecule has 0 spiro atoms. The van der Waals surface area contributed by atoms with Gasteiger partial charge in [-0.25, -0.2) is 9.97 Å². The third-order valence-corrected chi connectivity index (χ3v) is 3.54. The molecule has 21 heavy (non-hydrogen) atoms. The molecule has 0 saturated heterocycles. The van der Waals surface area contributed by atoms with Crippen LogP contribution in [-0.2, 0) is 5.41 Å². The van der Waals surface area contributed by atoms with Crippen LogP contribution in [0.3, 0.4) is 0 Å². The molecule has 0 bridgehead atoms. The highest BCUT2D eigenvalue weighted by molar-refractivity contribution is 9.10. The molecular weight excluding hydrogens is 354 g/mol. The molecule has 1 N–H and O–H groups in total. The Morgan fingerprint density at radius 1 is 1.19 bits per heavy atom. The zero-order valence-electron chi connectivity index (χ0n) is 12.4. The number of nitrogens with zero attached hydrogens (tertiary/aromatic N) is 2. The summed E-state index contributed by atoms with van der Waals surface area (Å²) in [4.78, 5) is 8.96. The summed E-state index contributed by atoms with van der Waals surface area (Å²) in [5.74, 6) is 2.15. The Balaban J connectivity index is 2.38. The number of halogens is 2. The maximum atomic E-state index is 6.20. The van der Waals surface area contributed by atoms with E-state index in [-0.39, 0.29) is 5.41 Å². The molecule has 2 rings (SSSR count). The third kappa shape index (κ3) is 4.08. The second-order valence-electron chi connectivity index (χ2n) is 5.62. The SMILES string of the molecule is COc1ccc(Cl)c(Nc2cc(Br)nc(C(C)(C)C)n2)c1. The zero-order chi connectivity index (χ0) is 15.6. The van der Waals surface area contributed by atoms with Crippen molar-refractivity contribution in [1.29, 1.82) is 0 Å². The van der Waals surface area contributed by atoms with Crippen molar-refractivity contribution in [3.63, 3.8) is 0 Å². The Hall–Kier alpha value is -1.33. The van der Waals surface area contributed by atoms with Gasteiger partial charge in [0.2, 0.25) is 0 Å². The van der Waals surface area contributed by atoms with Crippen molar-refractivity contribution in [2.75, 3.05) is 12.4 Å². The second-order valence-corrected chi connectivity index (χ2v) is 6.84. The summed E-state index contributed by atoms with van der Waals surface area (Å²) in [5, 5.41) is 3.81. The van der Waals surface area contributed by atoms with E-state index in [1.54, 1.807) is 13.2 Å². The first-order chi connectivity index (χ1) is 9.79. The van der Waals surface area contributed by atoms with Crippen LogP contribution in [0.15, 0.2) is 28.9 Å². The van der Waals surface area contributed by atoms with Gasteiger partial charge in [-0.15, -0.1) is 0 Å². The number of nitrogens with one attached hydrogen (secondary N) is 1. The predicted molar refractivity (Wildman–Crippen MR) is 89.7 cm³/mol. The number of hydrogen-bond acceptors (Lipinski definition) is 4. The summed E-state index contributed by atoms with van der Waals surface area (Å²) >= 11 is 9.62. The Kier molecular flexibility index (Phi) is 4.74. The zero-order valence-corrected chi connectivity index (χ0v) is 14.7. The standard InChI is InChI=1S/C15H17BrClN3O/c1-15(2,3)14-19-12(16)8-13(20-14)18-11-7-9(21-4)5-6-10(11)17/h5-8H,1-4H3,(H,18,19,20). The lowest BCUT2D eigenvalue weighted by Gasteiger charge is -2.18. The van der Waals surface area contributed by atoms with E-state index < -0.39 is 0 Å². The number of benzene rings is 1. The van der Waals surface area contributed by atoms with Crippen LogP contribution in [0.2, 0.25) is 5.02 Å². The van der Waals surface area contributed by atoms with E-state index in [4.69, 9.17) is 16.3 Å². The first-order valence-electron chi connectivity index (χ1n) is 6.45. The van der Waals surface area contributed by atoms with E-state index in [1.165, 1.54) is 0 Å². The molecule has 0 aliphatic rings. The maximum Gasteiger partial charge on any atom is 0.137 e. The van der Waals surface area contributed by atoms with Crippen molar-refractivity contribution < 1.29 is 4.74 Å². The molecule has 0 fully saturated rings. The monoisotopic (exact) mass is 369 g/mol. The number of methoxy groups -OCH3 is 1. The summed E-state index contributed by atoms with van der Waals surface area (Å²) in [6, 6.07) is 7.23. The van der Waals surface area contributed by atoms with Gasteiger partial charge in [0, 0.05) is 17.5 Å². The average Bonchev–Trinajstić information content (AvgIpc) is 2.39. The maximum absolute atomic E-state index is 6.20. The van der Waals surface area contributed by atoms with Gasteiger partial charge in [-0.2, -0.15) is 0 Å². The van der Waals surface area contributed by atoms with Crippen molar-refractivity contribution in [3.8, 4) is 5.75 Å². The molecule has 0 unspecified atom stereocenters. The molecule has 1 aromatic heterocycles. The van der Waals surface area contributed by atoms with E-state index in [9.17, 15) is 0 Å². The molecule has 0 radical (unpaired) electrons. The normalized spacial score (nSPS) is 11.3. The Morgan fingerprint density at radius 2 is 1.90 bits per heavy atom. The number of anilines is 2. The number of rotatable bonds is 3. The highest BCUT2D eigenvalue weighted by Gasteiger charge is 2.19. The molecule has 0 atom stereocenters. The lowest BCUT2D eigenvalue weighted by atomic mass is 9.96. The third-order valence-electron chi connectivity index (χ3n) is 2.80. The smallest absolute Gasteiger partial charge is 0.137 e. The highest BCUT2D eigenvalue weighted by atomic mass is 79.9. The fourth-order valence-electron chi connectivity index (χ4n) is 1.68. The fraction of sp³-hybridized carbons (Fsp3) is 0.333.